The molecular formula is C21H26N2O. The van der Waals surface area contributed by atoms with Crippen LogP contribution in [-0.2, 0) is 11.2 Å². The maximum Gasteiger partial charge on any atom is 0.240 e. The molecular weight excluding hydrogens is 296 g/mol. The van der Waals surface area contributed by atoms with Gasteiger partial charge in [-0.25, -0.2) is 0 Å². The maximum absolute atomic E-state index is 12.5. The Bertz CT molecular complexity index is 738. The summed E-state index contributed by atoms with van der Waals surface area (Å²) in [5.41, 5.74) is 6.26. The minimum Gasteiger partial charge on any atom is -0.340 e. The second-order valence-electron chi connectivity index (χ2n) is 6.65. The molecule has 0 unspecified atom stereocenters. The normalized spacial score (nSPS) is 18.0. The van der Waals surface area contributed by atoms with Crippen LogP contribution >= 0.6 is 0 Å². The number of hydrogen-bond acceptors (Lipinski definition) is 2. The van der Waals surface area contributed by atoms with E-state index < -0.39 is 0 Å². The van der Waals surface area contributed by atoms with E-state index in [0.717, 1.165) is 26.1 Å². The fourth-order valence-electron chi connectivity index (χ4n) is 3.50. The van der Waals surface area contributed by atoms with E-state index in [1.165, 1.54) is 27.8 Å². The quantitative estimate of drug-likeness (QED) is 0.936. The summed E-state index contributed by atoms with van der Waals surface area (Å²) in [6.07, 6.45) is 0.744. The summed E-state index contributed by atoms with van der Waals surface area (Å²) in [4.78, 5) is 14.4. The van der Waals surface area contributed by atoms with Crippen molar-refractivity contribution in [1.29, 1.82) is 0 Å². The molecule has 0 aromatic heterocycles. The topological polar surface area (TPSA) is 32.3 Å². The minimum absolute atomic E-state index is 0.104. The van der Waals surface area contributed by atoms with Gasteiger partial charge in [-0.15, -0.1) is 0 Å². The first kappa shape index (κ1) is 16.7. The van der Waals surface area contributed by atoms with Crippen LogP contribution < -0.4 is 5.32 Å². The molecule has 1 amide bonds. The smallest absolute Gasteiger partial charge is 0.240 e. The molecule has 1 heterocycles. The third kappa shape index (κ3) is 3.51. The Balaban J connectivity index is 1.82. The average Bonchev–Trinajstić information content (AvgIpc) is 2.57. The van der Waals surface area contributed by atoms with Gasteiger partial charge in [0.1, 0.15) is 0 Å². The third-order valence-corrected chi connectivity index (χ3v) is 4.82. The van der Waals surface area contributed by atoms with Crippen molar-refractivity contribution in [3.63, 3.8) is 0 Å². The van der Waals surface area contributed by atoms with Gasteiger partial charge in [-0.2, -0.15) is 0 Å². The predicted octanol–water partition coefficient (Wildman–Crippen LogP) is 3.33. The number of amides is 1. The number of nitrogens with one attached hydrogen (secondary N) is 1. The van der Waals surface area contributed by atoms with E-state index in [-0.39, 0.29) is 11.9 Å². The maximum atomic E-state index is 12.5. The highest BCUT2D eigenvalue weighted by molar-refractivity contribution is 5.83. The lowest BCUT2D eigenvalue weighted by Crippen LogP contribution is -2.55. The number of likely N-dealkylation sites (N-methyl/N-ethyl adjacent to an activating group) is 1. The lowest BCUT2D eigenvalue weighted by molar-refractivity contribution is -0.135. The van der Waals surface area contributed by atoms with Crippen molar-refractivity contribution < 1.29 is 4.79 Å². The summed E-state index contributed by atoms with van der Waals surface area (Å²) < 4.78 is 0. The molecule has 1 fully saturated rings. The summed E-state index contributed by atoms with van der Waals surface area (Å²) in [5, 5.41) is 3.37. The summed E-state index contributed by atoms with van der Waals surface area (Å²) >= 11 is 0. The molecule has 0 radical (unpaired) electrons. The van der Waals surface area contributed by atoms with Crippen molar-refractivity contribution in [1.82, 2.24) is 10.2 Å². The number of carbonyl (C=O) groups is 1. The number of benzene rings is 2. The van der Waals surface area contributed by atoms with Gasteiger partial charge in [0.15, 0.2) is 0 Å². The van der Waals surface area contributed by atoms with Crippen LogP contribution in [0.4, 0.5) is 0 Å². The van der Waals surface area contributed by atoms with Crippen LogP contribution in [0.5, 0.6) is 0 Å². The van der Waals surface area contributed by atoms with Crippen LogP contribution in [0.1, 0.15) is 23.6 Å². The van der Waals surface area contributed by atoms with E-state index in [9.17, 15) is 4.79 Å². The Kier molecular flexibility index (Phi) is 5.00. The number of rotatable bonds is 4. The summed E-state index contributed by atoms with van der Waals surface area (Å²) in [5.74, 6) is 0.223. The van der Waals surface area contributed by atoms with Crippen molar-refractivity contribution >= 4 is 5.91 Å². The van der Waals surface area contributed by atoms with Gasteiger partial charge >= 0.3 is 0 Å². The van der Waals surface area contributed by atoms with E-state index in [4.69, 9.17) is 0 Å². The Morgan fingerprint density at radius 3 is 2.75 bits per heavy atom. The van der Waals surface area contributed by atoms with Crippen LogP contribution in [0.2, 0.25) is 0 Å². The molecule has 0 aliphatic carbocycles. The number of piperazine rings is 1. The molecule has 0 saturated carbocycles. The monoisotopic (exact) mass is 322 g/mol. The zero-order valence-corrected chi connectivity index (χ0v) is 14.8. The van der Waals surface area contributed by atoms with Crippen LogP contribution in [0.25, 0.3) is 11.1 Å². The number of hydrogen-bond donors (Lipinski definition) is 1. The highest BCUT2D eigenvalue weighted by Gasteiger charge is 2.27. The molecule has 1 atom stereocenters. The first-order chi connectivity index (χ1) is 11.6. The molecule has 1 aliphatic rings. The third-order valence-electron chi connectivity index (χ3n) is 4.82. The zero-order chi connectivity index (χ0) is 17.1. The second kappa shape index (κ2) is 7.18. The van der Waals surface area contributed by atoms with E-state index >= 15 is 0 Å². The Labute approximate surface area is 144 Å². The van der Waals surface area contributed by atoms with E-state index in [0.29, 0.717) is 0 Å². The van der Waals surface area contributed by atoms with Crippen LogP contribution in [0, 0.1) is 13.8 Å². The molecule has 3 rings (SSSR count). The minimum atomic E-state index is -0.104. The highest BCUT2D eigenvalue weighted by Crippen LogP contribution is 2.25. The van der Waals surface area contributed by atoms with E-state index in [1.54, 1.807) is 0 Å². The van der Waals surface area contributed by atoms with Gasteiger partial charge in [-0.3, -0.25) is 4.79 Å². The average molecular weight is 322 g/mol. The Morgan fingerprint density at radius 1 is 1.17 bits per heavy atom. The highest BCUT2D eigenvalue weighted by atomic mass is 16.2. The molecule has 1 saturated heterocycles. The van der Waals surface area contributed by atoms with Crippen LogP contribution in [0.15, 0.2) is 42.5 Å². The molecule has 0 spiro atoms. The molecule has 24 heavy (non-hydrogen) atoms. The Hall–Kier alpha value is -2.13. The SMILES string of the molecule is CCN1CCN[C@@H](Cc2cccc(-c3ccc(C)cc3C)c2)C1=O. The van der Waals surface area contributed by atoms with Gasteiger partial charge < -0.3 is 10.2 Å². The lowest BCUT2D eigenvalue weighted by atomic mass is 9.95. The molecule has 2 aromatic rings. The largest absolute Gasteiger partial charge is 0.340 e. The van der Waals surface area contributed by atoms with Crippen molar-refractivity contribution in [2.45, 2.75) is 33.2 Å². The standard InChI is InChI=1S/C21H26N2O/c1-4-23-11-10-22-20(21(23)24)14-17-6-5-7-18(13-17)19-9-8-15(2)12-16(19)3/h5-9,12-13,20,22H,4,10-11,14H2,1-3H3/t20-/m0/s1. The van der Waals surface area contributed by atoms with Crippen LogP contribution in [-0.4, -0.2) is 36.5 Å². The van der Waals surface area contributed by atoms with Crippen LogP contribution in [0.3, 0.4) is 0 Å². The van der Waals surface area contributed by atoms with Gasteiger partial charge in [0.05, 0.1) is 6.04 Å². The summed E-state index contributed by atoms with van der Waals surface area (Å²) in [6, 6.07) is 15.0. The second-order valence-corrected chi connectivity index (χ2v) is 6.65. The fourth-order valence-corrected chi connectivity index (χ4v) is 3.50. The Morgan fingerprint density at radius 2 is 2.00 bits per heavy atom. The van der Waals surface area contributed by atoms with E-state index in [1.807, 2.05) is 11.8 Å². The summed E-state index contributed by atoms with van der Waals surface area (Å²) in [7, 11) is 0. The lowest BCUT2D eigenvalue weighted by Gasteiger charge is -2.32. The van der Waals surface area contributed by atoms with Crippen molar-refractivity contribution in [2.75, 3.05) is 19.6 Å². The molecule has 3 nitrogen and oxygen atoms in total. The van der Waals surface area contributed by atoms with Gasteiger partial charge in [-0.05, 0) is 49.4 Å². The molecule has 1 N–H and O–H groups in total. The van der Waals surface area contributed by atoms with Gasteiger partial charge in [0.25, 0.3) is 0 Å². The fraction of sp³-hybridized carbons (Fsp3) is 0.381. The molecule has 126 valence electrons. The first-order valence-corrected chi connectivity index (χ1v) is 8.77. The molecule has 0 bridgehead atoms. The van der Waals surface area contributed by atoms with Crippen molar-refractivity contribution in [3.05, 3.63) is 59.2 Å². The molecule has 1 aliphatic heterocycles. The molecule has 2 aromatic carbocycles. The van der Waals surface area contributed by atoms with Crippen molar-refractivity contribution in [2.24, 2.45) is 0 Å². The first-order valence-electron chi connectivity index (χ1n) is 8.77. The molecule has 3 heteroatoms. The summed E-state index contributed by atoms with van der Waals surface area (Å²) in [6.45, 7) is 8.80. The predicted molar refractivity (Wildman–Crippen MR) is 99.1 cm³/mol. The van der Waals surface area contributed by atoms with Crippen molar-refractivity contribution in [3.8, 4) is 11.1 Å². The van der Waals surface area contributed by atoms with E-state index in [2.05, 4.69) is 61.6 Å². The number of nitrogens with zero attached hydrogens (tertiary/aromatic N) is 1. The number of carbonyl (C=O) groups excluding carboxylic acids is 1. The van der Waals surface area contributed by atoms with Gasteiger partial charge in [-0.1, -0.05) is 48.0 Å². The number of aryl methyl sites for hydroxylation is 2. The van der Waals surface area contributed by atoms with Gasteiger partial charge in [0.2, 0.25) is 5.91 Å². The van der Waals surface area contributed by atoms with Gasteiger partial charge in [0, 0.05) is 19.6 Å². The zero-order valence-electron chi connectivity index (χ0n) is 14.8.